The van der Waals surface area contributed by atoms with Crippen LogP contribution in [-0.4, -0.2) is 30.3 Å². The van der Waals surface area contributed by atoms with Gasteiger partial charge in [-0.1, -0.05) is 40.9 Å². The molecule has 4 rings (SSSR count). The van der Waals surface area contributed by atoms with Crippen molar-refractivity contribution >= 4 is 75.6 Å². The minimum atomic E-state index is -0.715. The fraction of sp³-hybridized carbons (Fsp3) is 0.0769. The molecule has 0 saturated carbocycles. The maximum Gasteiger partial charge on any atom is 0.338 e. The second-order valence-corrected chi connectivity index (χ2v) is 8.82. The van der Waals surface area contributed by atoms with Crippen molar-refractivity contribution in [1.29, 1.82) is 0 Å². The molecule has 0 saturated heterocycles. The van der Waals surface area contributed by atoms with Gasteiger partial charge in [0.05, 0.1) is 33.6 Å². The van der Waals surface area contributed by atoms with E-state index in [1.807, 2.05) is 0 Å². The van der Waals surface area contributed by atoms with E-state index in [-0.39, 0.29) is 33.6 Å². The van der Waals surface area contributed by atoms with Gasteiger partial charge in [-0.25, -0.2) is 9.69 Å². The molecule has 0 unspecified atom stereocenters. The van der Waals surface area contributed by atoms with E-state index in [0.29, 0.717) is 22.0 Å². The van der Waals surface area contributed by atoms with Crippen LogP contribution in [0.15, 0.2) is 77.5 Å². The Bertz CT molecular complexity index is 1440. The lowest BCUT2D eigenvalue weighted by Gasteiger charge is -2.15. The van der Waals surface area contributed by atoms with E-state index >= 15 is 0 Å². The number of nitrogens with one attached hydrogen (secondary N) is 2. The van der Waals surface area contributed by atoms with E-state index in [9.17, 15) is 19.2 Å². The summed E-state index contributed by atoms with van der Waals surface area (Å²) < 4.78 is 4.94. The van der Waals surface area contributed by atoms with Gasteiger partial charge in [0, 0.05) is 11.3 Å². The van der Waals surface area contributed by atoms with Crippen LogP contribution >= 0.6 is 34.8 Å². The fourth-order valence-corrected chi connectivity index (χ4v) is 4.01. The number of amides is 3. The van der Waals surface area contributed by atoms with E-state index < -0.39 is 23.7 Å². The van der Waals surface area contributed by atoms with Crippen LogP contribution in [-0.2, 0) is 14.3 Å². The second kappa shape index (κ2) is 11.0. The van der Waals surface area contributed by atoms with Crippen LogP contribution in [0.5, 0.6) is 0 Å². The van der Waals surface area contributed by atoms with E-state index in [2.05, 4.69) is 10.6 Å². The van der Waals surface area contributed by atoms with Crippen LogP contribution in [0.2, 0.25) is 10.0 Å². The molecule has 3 aromatic rings. The molecule has 0 radical (unpaired) electrons. The SMILES string of the molecule is CCOC(=O)c1ccc(N2C(=O)C(Cl)=C(Nc3ccc(C(=O)Nc4cccc(Cl)c4Cl)cc3)C2=O)cc1. The van der Waals surface area contributed by atoms with Crippen molar-refractivity contribution in [3.63, 3.8) is 0 Å². The molecule has 1 aliphatic rings. The van der Waals surface area contributed by atoms with Gasteiger partial charge in [0.25, 0.3) is 17.7 Å². The van der Waals surface area contributed by atoms with E-state index in [4.69, 9.17) is 39.5 Å². The molecule has 2 N–H and O–H groups in total. The topological polar surface area (TPSA) is 105 Å². The number of hydrogen-bond donors (Lipinski definition) is 2. The largest absolute Gasteiger partial charge is 0.462 e. The molecule has 0 aliphatic carbocycles. The Hall–Kier alpha value is -3.85. The van der Waals surface area contributed by atoms with Gasteiger partial charge >= 0.3 is 5.97 Å². The van der Waals surface area contributed by atoms with Gasteiger partial charge in [-0.05, 0) is 67.6 Å². The molecule has 0 atom stereocenters. The Balaban J connectivity index is 1.46. The number of benzene rings is 3. The number of halogens is 3. The summed E-state index contributed by atoms with van der Waals surface area (Å²) in [5.74, 6) is -2.32. The van der Waals surface area contributed by atoms with Crippen molar-refractivity contribution < 1.29 is 23.9 Å². The molecule has 188 valence electrons. The fourth-order valence-electron chi connectivity index (χ4n) is 3.45. The number of rotatable bonds is 7. The van der Waals surface area contributed by atoms with Gasteiger partial charge in [-0.2, -0.15) is 0 Å². The van der Waals surface area contributed by atoms with Crippen LogP contribution in [0.3, 0.4) is 0 Å². The van der Waals surface area contributed by atoms with Crippen LogP contribution < -0.4 is 15.5 Å². The number of hydrogen-bond acceptors (Lipinski definition) is 6. The number of carbonyl (C=O) groups is 4. The van der Waals surface area contributed by atoms with Crippen molar-refractivity contribution in [3.05, 3.63) is 98.6 Å². The Morgan fingerprint density at radius 1 is 0.865 bits per heavy atom. The lowest BCUT2D eigenvalue weighted by molar-refractivity contribution is -0.120. The van der Waals surface area contributed by atoms with Crippen molar-refractivity contribution in [1.82, 2.24) is 0 Å². The number of imide groups is 1. The molecule has 0 spiro atoms. The summed E-state index contributed by atoms with van der Waals surface area (Å²) in [6.45, 7) is 1.91. The highest BCUT2D eigenvalue weighted by Gasteiger charge is 2.39. The second-order valence-electron chi connectivity index (χ2n) is 7.66. The highest BCUT2D eigenvalue weighted by molar-refractivity contribution is 6.53. The predicted molar refractivity (Wildman–Crippen MR) is 142 cm³/mol. The van der Waals surface area contributed by atoms with Gasteiger partial charge in [0.15, 0.2) is 0 Å². The Morgan fingerprint density at radius 2 is 1.51 bits per heavy atom. The average Bonchev–Trinajstić information content (AvgIpc) is 3.10. The molecule has 3 aromatic carbocycles. The zero-order valence-corrected chi connectivity index (χ0v) is 21.4. The minimum Gasteiger partial charge on any atom is -0.462 e. The standard InChI is InChI=1S/C26H18Cl3N3O5/c1-2-37-26(36)15-8-12-17(13-9-15)32-24(34)21(29)22(25(32)35)30-16-10-6-14(7-11-16)23(33)31-19-5-3-4-18(27)20(19)28/h3-13,30H,2H2,1H3,(H,31,33). The minimum absolute atomic E-state index is 0.121. The smallest absolute Gasteiger partial charge is 0.338 e. The lowest BCUT2D eigenvalue weighted by atomic mass is 10.2. The number of carbonyl (C=O) groups excluding carboxylic acids is 4. The van der Waals surface area contributed by atoms with Crippen LogP contribution in [0.25, 0.3) is 0 Å². The van der Waals surface area contributed by atoms with E-state index in [1.165, 1.54) is 36.4 Å². The number of anilines is 3. The monoisotopic (exact) mass is 557 g/mol. The summed E-state index contributed by atoms with van der Waals surface area (Å²) in [5.41, 5.74) is 1.51. The molecule has 0 bridgehead atoms. The molecule has 0 aromatic heterocycles. The molecule has 37 heavy (non-hydrogen) atoms. The van der Waals surface area contributed by atoms with Gasteiger partial charge < -0.3 is 15.4 Å². The normalized spacial score (nSPS) is 13.1. The highest BCUT2D eigenvalue weighted by atomic mass is 35.5. The average molecular weight is 559 g/mol. The molecule has 11 heteroatoms. The van der Waals surface area contributed by atoms with Crippen molar-refractivity contribution in [2.45, 2.75) is 6.92 Å². The molecule has 1 heterocycles. The first-order valence-electron chi connectivity index (χ1n) is 10.9. The van der Waals surface area contributed by atoms with Crippen molar-refractivity contribution in [2.24, 2.45) is 0 Å². The third-order valence-electron chi connectivity index (χ3n) is 5.28. The van der Waals surface area contributed by atoms with E-state index in [0.717, 1.165) is 4.90 Å². The van der Waals surface area contributed by atoms with Crippen molar-refractivity contribution in [2.75, 3.05) is 22.1 Å². The van der Waals surface area contributed by atoms with Crippen LogP contribution in [0, 0.1) is 0 Å². The Kier molecular flexibility index (Phi) is 7.83. The third kappa shape index (κ3) is 5.46. The van der Waals surface area contributed by atoms with Crippen LogP contribution in [0.1, 0.15) is 27.6 Å². The van der Waals surface area contributed by atoms with Crippen LogP contribution in [0.4, 0.5) is 17.1 Å². The summed E-state index contributed by atoms with van der Waals surface area (Å²) in [6, 6.07) is 16.9. The summed E-state index contributed by atoms with van der Waals surface area (Å²) >= 11 is 18.3. The van der Waals surface area contributed by atoms with Gasteiger partial charge in [0.2, 0.25) is 0 Å². The molecule has 8 nitrogen and oxygen atoms in total. The maximum absolute atomic E-state index is 13.0. The molecule has 1 aliphatic heterocycles. The third-order valence-corrected chi connectivity index (χ3v) is 6.45. The molecular weight excluding hydrogens is 541 g/mol. The first-order valence-corrected chi connectivity index (χ1v) is 12.0. The lowest BCUT2D eigenvalue weighted by Crippen LogP contribution is -2.32. The van der Waals surface area contributed by atoms with Gasteiger partial charge in [0.1, 0.15) is 10.7 Å². The first kappa shape index (κ1) is 26.2. The predicted octanol–water partition coefficient (Wildman–Crippen LogP) is 5.86. The molecular formula is C26H18Cl3N3O5. The van der Waals surface area contributed by atoms with Crippen molar-refractivity contribution in [3.8, 4) is 0 Å². The quantitative estimate of drug-likeness (QED) is 0.278. The zero-order valence-electron chi connectivity index (χ0n) is 19.2. The maximum atomic E-state index is 13.0. The summed E-state index contributed by atoms with van der Waals surface area (Å²) in [4.78, 5) is 51.1. The number of esters is 1. The highest BCUT2D eigenvalue weighted by Crippen LogP contribution is 2.31. The Morgan fingerprint density at radius 3 is 2.16 bits per heavy atom. The summed E-state index contributed by atoms with van der Waals surface area (Å²) in [6.07, 6.45) is 0. The molecule has 3 amide bonds. The summed E-state index contributed by atoms with van der Waals surface area (Å²) in [7, 11) is 0. The van der Waals surface area contributed by atoms with Gasteiger partial charge in [-0.3, -0.25) is 14.4 Å². The number of ether oxygens (including phenoxy) is 1. The molecule has 0 fully saturated rings. The first-order chi connectivity index (χ1) is 17.7. The van der Waals surface area contributed by atoms with Gasteiger partial charge in [-0.15, -0.1) is 0 Å². The Labute approximate surface area is 226 Å². The zero-order chi connectivity index (χ0) is 26.7. The van der Waals surface area contributed by atoms with E-state index in [1.54, 1.807) is 37.3 Å². The summed E-state index contributed by atoms with van der Waals surface area (Å²) in [5, 5.41) is 5.76. The number of nitrogens with zero attached hydrogens (tertiary/aromatic N) is 1.